The lowest BCUT2D eigenvalue weighted by Crippen LogP contribution is -2.40. The number of hydrogen-bond donors (Lipinski definition) is 2. The number of aliphatic hydroxyl groups excluding tert-OH is 1. The minimum absolute atomic E-state index is 0.0424. The van der Waals surface area contributed by atoms with Gasteiger partial charge in [-0.25, -0.2) is 0 Å². The van der Waals surface area contributed by atoms with Crippen LogP contribution >= 0.6 is 0 Å². The molecule has 3 heteroatoms. The largest absolute Gasteiger partial charge is 0.393 e. The second kappa shape index (κ2) is 5.98. The molecule has 1 rings (SSSR count). The smallest absolute Gasteiger partial charge is 0.0546 e. The predicted molar refractivity (Wildman–Crippen MR) is 73.1 cm³/mol. The molecule has 0 spiro atoms. The molecule has 1 saturated carbocycles. The summed E-state index contributed by atoms with van der Waals surface area (Å²) in [5.74, 6) is 0.679. The standard InChI is InChI=1S/C14H28N2O/c1-11(8-15-14(2,3)4)9-16(5)10-12-6-13(17)7-12/h12-13,15,17H,1,6-10H2,2-5H3. The van der Waals surface area contributed by atoms with E-state index in [0.29, 0.717) is 5.92 Å². The summed E-state index contributed by atoms with van der Waals surface area (Å²) in [6, 6.07) is 0. The zero-order chi connectivity index (χ0) is 13.1. The highest BCUT2D eigenvalue weighted by molar-refractivity contribution is 5.01. The predicted octanol–water partition coefficient (Wildman–Crippen LogP) is 1.63. The van der Waals surface area contributed by atoms with Crippen molar-refractivity contribution in [1.29, 1.82) is 0 Å². The lowest BCUT2D eigenvalue weighted by molar-refractivity contribution is 0.0295. The SMILES string of the molecule is C=C(CNC(C)(C)C)CN(C)CC1CC(O)C1. The van der Waals surface area contributed by atoms with E-state index in [0.717, 1.165) is 32.5 Å². The molecule has 0 aromatic carbocycles. The van der Waals surface area contributed by atoms with E-state index in [1.165, 1.54) is 5.57 Å². The first-order chi connectivity index (χ1) is 7.76. The second-order valence-corrected chi connectivity index (χ2v) is 6.54. The summed E-state index contributed by atoms with van der Waals surface area (Å²) in [5, 5.41) is 12.7. The average molecular weight is 240 g/mol. The lowest BCUT2D eigenvalue weighted by Gasteiger charge is -2.34. The van der Waals surface area contributed by atoms with Gasteiger partial charge in [-0.3, -0.25) is 0 Å². The summed E-state index contributed by atoms with van der Waals surface area (Å²) in [6.45, 7) is 13.5. The van der Waals surface area contributed by atoms with E-state index >= 15 is 0 Å². The van der Waals surface area contributed by atoms with Crippen molar-refractivity contribution in [1.82, 2.24) is 10.2 Å². The molecule has 0 aromatic rings. The Hall–Kier alpha value is -0.380. The van der Waals surface area contributed by atoms with Crippen molar-refractivity contribution >= 4 is 0 Å². The molecule has 1 aliphatic carbocycles. The van der Waals surface area contributed by atoms with E-state index in [4.69, 9.17) is 0 Å². The van der Waals surface area contributed by atoms with Gasteiger partial charge in [0.15, 0.2) is 0 Å². The van der Waals surface area contributed by atoms with Crippen LogP contribution in [0.4, 0.5) is 0 Å². The molecule has 0 amide bonds. The summed E-state index contributed by atoms with van der Waals surface area (Å²) in [5.41, 5.74) is 1.38. The van der Waals surface area contributed by atoms with Crippen molar-refractivity contribution in [2.75, 3.05) is 26.7 Å². The van der Waals surface area contributed by atoms with Crippen molar-refractivity contribution < 1.29 is 5.11 Å². The molecule has 17 heavy (non-hydrogen) atoms. The van der Waals surface area contributed by atoms with Crippen LogP contribution in [-0.4, -0.2) is 48.3 Å². The van der Waals surface area contributed by atoms with Gasteiger partial charge >= 0.3 is 0 Å². The minimum Gasteiger partial charge on any atom is -0.393 e. The zero-order valence-corrected chi connectivity index (χ0v) is 11.8. The van der Waals surface area contributed by atoms with Gasteiger partial charge in [-0.15, -0.1) is 0 Å². The van der Waals surface area contributed by atoms with Crippen LogP contribution in [0.2, 0.25) is 0 Å². The maximum Gasteiger partial charge on any atom is 0.0546 e. The summed E-state index contributed by atoms with van der Waals surface area (Å²) in [4.78, 5) is 2.31. The number of rotatable bonds is 6. The van der Waals surface area contributed by atoms with Crippen molar-refractivity contribution in [3.05, 3.63) is 12.2 Å². The number of aliphatic hydroxyl groups is 1. The van der Waals surface area contributed by atoms with Crippen LogP contribution in [0.25, 0.3) is 0 Å². The number of likely N-dealkylation sites (N-methyl/N-ethyl adjacent to an activating group) is 1. The Balaban J connectivity index is 2.13. The molecule has 0 atom stereocenters. The molecular weight excluding hydrogens is 212 g/mol. The van der Waals surface area contributed by atoms with Gasteiger partial charge in [0.2, 0.25) is 0 Å². The topological polar surface area (TPSA) is 35.5 Å². The number of hydrogen-bond acceptors (Lipinski definition) is 3. The van der Waals surface area contributed by atoms with Crippen LogP contribution in [0, 0.1) is 5.92 Å². The van der Waals surface area contributed by atoms with E-state index in [1.807, 2.05) is 0 Å². The van der Waals surface area contributed by atoms with Crippen molar-refractivity contribution in [2.45, 2.75) is 45.3 Å². The Labute approximate surface area is 106 Å². The van der Waals surface area contributed by atoms with Gasteiger partial charge < -0.3 is 15.3 Å². The Morgan fingerprint density at radius 1 is 1.41 bits per heavy atom. The van der Waals surface area contributed by atoms with Crippen molar-refractivity contribution in [3.8, 4) is 0 Å². The molecule has 0 aliphatic heterocycles. The average Bonchev–Trinajstić information content (AvgIpc) is 2.11. The van der Waals surface area contributed by atoms with Crippen LogP contribution in [0.1, 0.15) is 33.6 Å². The Kier molecular flexibility index (Phi) is 5.17. The highest BCUT2D eigenvalue weighted by atomic mass is 16.3. The first-order valence-corrected chi connectivity index (χ1v) is 6.54. The van der Waals surface area contributed by atoms with Crippen LogP contribution in [0.5, 0.6) is 0 Å². The number of nitrogens with zero attached hydrogens (tertiary/aromatic N) is 1. The Morgan fingerprint density at radius 3 is 2.47 bits per heavy atom. The summed E-state index contributed by atoms with van der Waals surface area (Å²) < 4.78 is 0. The first-order valence-electron chi connectivity index (χ1n) is 6.54. The van der Waals surface area contributed by atoms with Crippen molar-refractivity contribution in [2.24, 2.45) is 5.92 Å². The maximum absolute atomic E-state index is 9.24. The Morgan fingerprint density at radius 2 is 2.00 bits per heavy atom. The lowest BCUT2D eigenvalue weighted by atomic mass is 9.82. The highest BCUT2D eigenvalue weighted by Crippen LogP contribution is 2.27. The Bertz CT molecular complexity index is 251. The maximum atomic E-state index is 9.24. The molecule has 0 radical (unpaired) electrons. The molecule has 1 fully saturated rings. The second-order valence-electron chi connectivity index (χ2n) is 6.54. The number of nitrogens with one attached hydrogen (secondary N) is 1. The molecule has 2 N–H and O–H groups in total. The molecule has 1 aliphatic rings. The van der Waals surface area contributed by atoms with Crippen molar-refractivity contribution in [3.63, 3.8) is 0 Å². The third kappa shape index (κ3) is 6.20. The molecule has 0 heterocycles. The normalized spacial score (nSPS) is 24.8. The van der Waals surface area contributed by atoms with Gasteiger partial charge in [0.25, 0.3) is 0 Å². The molecule has 0 bridgehead atoms. The quantitative estimate of drug-likeness (QED) is 0.693. The van der Waals surface area contributed by atoms with E-state index < -0.39 is 0 Å². The third-order valence-corrected chi connectivity index (χ3v) is 3.14. The van der Waals surface area contributed by atoms with Gasteiger partial charge in [0.05, 0.1) is 6.10 Å². The molecule has 0 saturated heterocycles. The minimum atomic E-state index is -0.0424. The zero-order valence-electron chi connectivity index (χ0n) is 11.8. The fourth-order valence-corrected chi connectivity index (χ4v) is 2.18. The van der Waals surface area contributed by atoms with Gasteiger partial charge in [-0.1, -0.05) is 6.58 Å². The van der Waals surface area contributed by atoms with Gasteiger partial charge in [0, 0.05) is 25.2 Å². The van der Waals surface area contributed by atoms with Gasteiger partial charge in [-0.05, 0) is 52.2 Å². The van der Waals surface area contributed by atoms with Crippen LogP contribution < -0.4 is 5.32 Å². The van der Waals surface area contributed by atoms with E-state index in [9.17, 15) is 5.11 Å². The monoisotopic (exact) mass is 240 g/mol. The fraction of sp³-hybridized carbons (Fsp3) is 0.857. The highest BCUT2D eigenvalue weighted by Gasteiger charge is 2.27. The fourth-order valence-electron chi connectivity index (χ4n) is 2.18. The van der Waals surface area contributed by atoms with Crippen LogP contribution in [-0.2, 0) is 0 Å². The van der Waals surface area contributed by atoms with Crippen LogP contribution in [0.15, 0.2) is 12.2 Å². The summed E-state index contributed by atoms with van der Waals surface area (Å²) >= 11 is 0. The van der Waals surface area contributed by atoms with Gasteiger partial charge in [-0.2, -0.15) is 0 Å². The molecular formula is C14H28N2O. The molecule has 0 aromatic heterocycles. The first kappa shape index (κ1) is 14.7. The third-order valence-electron chi connectivity index (χ3n) is 3.14. The summed E-state index contributed by atoms with van der Waals surface area (Å²) in [6.07, 6.45) is 1.90. The molecule has 0 unspecified atom stereocenters. The summed E-state index contributed by atoms with van der Waals surface area (Å²) in [7, 11) is 2.13. The molecule has 3 nitrogen and oxygen atoms in total. The van der Waals surface area contributed by atoms with E-state index in [2.05, 4.69) is 44.6 Å². The van der Waals surface area contributed by atoms with E-state index in [-0.39, 0.29) is 11.6 Å². The van der Waals surface area contributed by atoms with Crippen LogP contribution in [0.3, 0.4) is 0 Å². The van der Waals surface area contributed by atoms with E-state index in [1.54, 1.807) is 0 Å². The molecule has 100 valence electrons. The van der Waals surface area contributed by atoms with Gasteiger partial charge in [0.1, 0.15) is 0 Å².